The van der Waals surface area contributed by atoms with Crippen molar-refractivity contribution in [1.29, 1.82) is 0 Å². The zero-order valence-corrected chi connectivity index (χ0v) is 11.8. The highest BCUT2D eigenvalue weighted by Gasteiger charge is 2.41. The first-order valence-corrected chi connectivity index (χ1v) is 7.76. The number of hydrogen-bond acceptors (Lipinski definition) is 4. The molecular formula is C15H20N2OS. The average Bonchev–Trinajstić information content (AvgIpc) is 3.07. The molecule has 3 rings (SSSR count). The molecule has 19 heavy (non-hydrogen) atoms. The standard InChI is InChI=1S/C15H20N2OS/c16-7-1-2-12-4-5-13(19-12)9-17-8-11-3-6-15(18)14(11)10-17/h4-5,11,14-15,18H,3,6-10,16H2. The minimum absolute atomic E-state index is 0.0654. The lowest BCUT2D eigenvalue weighted by Gasteiger charge is -2.16. The van der Waals surface area contributed by atoms with Gasteiger partial charge in [-0.25, -0.2) is 0 Å². The Morgan fingerprint density at radius 3 is 3.05 bits per heavy atom. The molecule has 102 valence electrons. The van der Waals surface area contributed by atoms with Crippen LogP contribution in [0.15, 0.2) is 12.1 Å². The molecule has 1 aliphatic heterocycles. The third-order valence-corrected chi connectivity index (χ3v) is 5.23. The largest absolute Gasteiger partial charge is 0.393 e. The Labute approximate surface area is 118 Å². The van der Waals surface area contributed by atoms with Crippen molar-refractivity contribution < 1.29 is 5.11 Å². The number of aliphatic hydroxyl groups excluding tert-OH is 1. The number of nitrogens with two attached hydrogens (primary N) is 1. The number of hydrogen-bond donors (Lipinski definition) is 2. The highest BCUT2D eigenvalue weighted by Crippen LogP contribution is 2.38. The summed E-state index contributed by atoms with van der Waals surface area (Å²) in [7, 11) is 0. The van der Waals surface area contributed by atoms with Crippen LogP contribution >= 0.6 is 11.3 Å². The summed E-state index contributed by atoms with van der Waals surface area (Å²) in [6.45, 7) is 3.60. The summed E-state index contributed by atoms with van der Waals surface area (Å²) in [6, 6.07) is 4.24. The van der Waals surface area contributed by atoms with Crippen LogP contribution < -0.4 is 5.73 Å². The van der Waals surface area contributed by atoms with Crippen molar-refractivity contribution >= 4 is 11.3 Å². The molecule has 2 aliphatic rings. The summed E-state index contributed by atoms with van der Waals surface area (Å²) in [5.41, 5.74) is 5.38. The van der Waals surface area contributed by atoms with E-state index in [1.165, 1.54) is 11.3 Å². The van der Waals surface area contributed by atoms with Gasteiger partial charge < -0.3 is 10.8 Å². The second kappa shape index (κ2) is 5.64. The summed E-state index contributed by atoms with van der Waals surface area (Å²) in [4.78, 5) is 4.93. The van der Waals surface area contributed by atoms with E-state index in [9.17, 15) is 5.11 Å². The Morgan fingerprint density at radius 2 is 2.26 bits per heavy atom. The maximum absolute atomic E-state index is 9.93. The van der Waals surface area contributed by atoms with E-state index in [2.05, 4.69) is 28.9 Å². The zero-order chi connectivity index (χ0) is 13.2. The predicted octanol–water partition coefficient (Wildman–Crippen LogP) is 1.26. The molecule has 3 atom stereocenters. The average molecular weight is 276 g/mol. The fourth-order valence-electron chi connectivity index (χ4n) is 3.35. The van der Waals surface area contributed by atoms with Crippen LogP contribution in [0.3, 0.4) is 0 Å². The normalized spacial score (nSPS) is 30.1. The summed E-state index contributed by atoms with van der Waals surface area (Å²) in [5.74, 6) is 7.20. The van der Waals surface area contributed by atoms with E-state index in [1.54, 1.807) is 11.3 Å². The summed E-state index contributed by atoms with van der Waals surface area (Å²) in [5, 5.41) is 9.93. The molecule has 0 aromatic carbocycles. The van der Waals surface area contributed by atoms with Gasteiger partial charge in [-0.3, -0.25) is 4.90 Å². The smallest absolute Gasteiger partial charge is 0.0772 e. The van der Waals surface area contributed by atoms with Crippen molar-refractivity contribution in [3.8, 4) is 11.8 Å². The molecule has 1 saturated carbocycles. The Bertz CT molecular complexity index is 502. The van der Waals surface area contributed by atoms with E-state index in [0.717, 1.165) is 30.9 Å². The number of thiophene rings is 1. The lowest BCUT2D eigenvalue weighted by atomic mass is 10.00. The molecule has 2 heterocycles. The summed E-state index contributed by atoms with van der Waals surface area (Å²) < 4.78 is 0. The lowest BCUT2D eigenvalue weighted by molar-refractivity contribution is 0.123. The van der Waals surface area contributed by atoms with Crippen molar-refractivity contribution in [2.24, 2.45) is 17.6 Å². The van der Waals surface area contributed by atoms with Gasteiger partial charge >= 0.3 is 0 Å². The Balaban J connectivity index is 1.59. The minimum atomic E-state index is -0.0654. The van der Waals surface area contributed by atoms with Gasteiger partial charge in [0, 0.05) is 30.4 Å². The third kappa shape index (κ3) is 2.85. The lowest BCUT2D eigenvalue weighted by Crippen LogP contribution is -2.24. The van der Waals surface area contributed by atoms with Gasteiger partial charge in [-0.15, -0.1) is 11.3 Å². The Morgan fingerprint density at radius 1 is 1.37 bits per heavy atom. The van der Waals surface area contributed by atoms with Gasteiger partial charge in [0.1, 0.15) is 0 Å². The Hall–Kier alpha value is -0.860. The third-order valence-electron chi connectivity index (χ3n) is 4.25. The summed E-state index contributed by atoms with van der Waals surface area (Å²) >= 11 is 1.76. The number of nitrogens with zero attached hydrogens (tertiary/aromatic N) is 1. The quantitative estimate of drug-likeness (QED) is 0.800. The van der Waals surface area contributed by atoms with Crippen molar-refractivity contribution in [3.05, 3.63) is 21.9 Å². The van der Waals surface area contributed by atoms with Crippen LogP contribution in [-0.4, -0.2) is 35.7 Å². The van der Waals surface area contributed by atoms with Crippen LogP contribution in [0, 0.1) is 23.7 Å². The van der Waals surface area contributed by atoms with E-state index < -0.39 is 0 Å². The van der Waals surface area contributed by atoms with Crippen molar-refractivity contribution in [2.45, 2.75) is 25.5 Å². The molecule has 3 unspecified atom stereocenters. The number of rotatable bonds is 2. The van der Waals surface area contributed by atoms with Gasteiger partial charge in [-0.05, 0) is 30.9 Å². The van der Waals surface area contributed by atoms with Crippen LogP contribution in [0.1, 0.15) is 22.6 Å². The van der Waals surface area contributed by atoms with Crippen molar-refractivity contribution in [2.75, 3.05) is 19.6 Å². The molecule has 0 spiro atoms. The van der Waals surface area contributed by atoms with E-state index in [4.69, 9.17) is 5.73 Å². The van der Waals surface area contributed by atoms with E-state index in [-0.39, 0.29) is 6.10 Å². The van der Waals surface area contributed by atoms with E-state index in [1.807, 2.05) is 0 Å². The van der Waals surface area contributed by atoms with Crippen LogP contribution in [-0.2, 0) is 6.54 Å². The predicted molar refractivity (Wildman–Crippen MR) is 77.7 cm³/mol. The highest BCUT2D eigenvalue weighted by molar-refractivity contribution is 7.12. The van der Waals surface area contributed by atoms with Gasteiger partial charge in [0.05, 0.1) is 17.5 Å². The van der Waals surface area contributed by atoms with Gasteiger partial charge in [0.2, 0.25) is 0 Å². The van der Waals surface area contributed by atoms with Crippen LogP contribution in [0.25, 0.3) is 0 Å². The fourth-order valence-corrected chi connectivity index (χ4v) is 4.27. The Kier molecular flexibility index (Phi) is 3.90. The number of aliphatic hydroxyl groups is 1. The van der Waals surface area contributed by atoms with Crippen LogP contribution in [0.5, 0.6) is 0 Å². The highest BCUT2D eigenvalue weighted by atomic mass is 32.1. The van der Waals surface area contributed by atoms with Crippen LogP contribution in [0.2, 0.25) is 0 Å². The monoisotopic (exact) mass is 276 g/mol. The molecule has 1 aromatic heterocycles. The molecule has 3 N–H and O–H groups in total. The fraction of sp³-hybridized carbons (Fsp3) is 0.600. The van der Waals surface area contributed by atoms with Crippen molar-refractivity contribution in [3.63, 3.8) is 0 Å². The molecule has 0 amide bonds. The van der Waals surface area contributed by atoms with E-state index >= 15 is 0 Å². The first kappa shape index (κ1) is 13.1. The minimum Gasteiger partial charge on any atom is -0.393 e. The molecule has 3 nitrogen and oxygen atoms in total. The SMILES string of the molecule is NCC#Cc1ccc(CN2CC3CCC(O)C3C2)s1. The first-order valence-electron chi connectivity index (χ1n) is 6.94. The molecule has 0 radical (unpaired) electrons. The van der Waals surface area contributed by atoms with Gasteiger partial charge in [-0.1, -0.05) is 11.8 Å². The van der Waals surface area contributed by atoms with Gasteiger partial charge in [-0.2, -0.15) is 0 Å². The maximum Gasteiger partial charge on any atom is 0.0772 e. The number of fused-ring (bicyclic) bond motifs is 1. The van der Waals surface area contributed by atoms with Crippen LogP contribution in [0.4, 0.5) is 0 Å². The van der Waals surface area contributed by atoms with E-state index in [0.29, 0.717) is 18.4 Å². The molecular weight excluding hydrogens is 256 g/mol. The molecule has 1 aromatic rings. The second-order valence-corrected chi connectivity index (χ2v) is 6.70. The second-order valence-electron chi connectivity index (χ2n) is 5.53. The molecule has 1 aliphatic carbocycles. The molecule has 0 bridgehead atoms. The topological polar surface area (TPSA) is 49.5 Å². The molecule has 2 fully saturated rings. The molecule has 1 saturated heterocycles. The van der Waals surface area contributed by atoms with Gasteiger partial charge in [0.15, 0.2) is 0 Å². The number of likely N-dealkylation sites (tertiary alicyclic amines) is 1. The van der Waals surface area contributed by atoms with Gasteiger partial charge in [0.25, 0.3) is 0 Å². The van der Waals surface area contributed by atoms with Crippen molar-refractivity contribution in [1.82, 2.24) is 4.90 Å². The maximum atomic E-state index is 9.93. The zero-order valence-electron chi connectivity index (χ0n) is 11.0. The summed E-state index contributed by atoms with van der Waals surface area (Å²) in [6.07, 6.45) is 2.13. The molecule has 4 heteroatoms. The first-order chi connectivity index (χ1) is 9.26.